The van der Waals surface area contributed by atoms with Crippen molar-refractivity contribution in [3.8, 4) is 6.07 Å². The molecule has 1 N–H and O–H groups in total. The van der Waals surface area contributed by atoms with E-state index in [1.165, 1.54) is 28.6 Å². The summed E-state index contributed by atoms with van der Waals surface area (Å²) in [5, 5.41) is 20.5. The number of hydrogen-bond acceptors (Lipinski definition) is 7. The van der Waals surface area contributed by atoms with Gasteiger partial charge in [0.25, 0.3) is 0 Å². The number of benzene rings is 1. The van der Waals surface area contributed by atoms with Gasteiger partial charge in [-0.05, 0) is 37.3 Å². The number of rotatable bonds is 3. The lowest BCUT2D eigenvalue weighted by Gasteiger charge is -2.29. The van der Waals surface area contributed by atoms with E-state index in [0.717, 1.165) is 48.5 Å². The molecule has 152 valence electrons. The van der Waals surface area contributed by atoms with Crippen molar-refractivity contribution in [2.24, 2.45) is 10.1 Å². The van der Waals surface area contributed by atoms with E-state index in [2.05, 4.69) is 22.6 Å². The highest BCUT2D eigenvalue weighted by molar-refractivity contribution is 8.14. The third-order valence-corrected chi connectivity index (χ3v) is 7.81. The normalized spacial score (nSPS) is 19.2. The lowest BCUT2D eigenvalue weighted by Crippen LogP contribution is -2.29. The Bertz CT molecular complexity index is 1100. The van der Waals surface area contributed by atoms with Crippen molar-refractivity contribution in [2.45, 2.75) is 44.6 Å². The van der Waals surface area contributed by atoms with Crippen molar-refractivity contribution in [1.29, 1.82) is 5.26 Å². The zero-order valence-electron chi connectivity index (χ0n) is 16.4. The average molecular weight is 436 g/mol. The van der Waals surface area contributed by atoms with Gasteiger partial charge in [0.2, 0.25) is 5.91 Å². The van der Waals surface area contributed by atoms with E-state index < -0.39 is 0 Å². The number of thioether (sulfide) groups is 1. The highest BCUT2D eigenvalue weighted by Gasteiger charge is 2.32. The third kappa shape index (κ3) is 3.53. The first-order valence-corrected chi connectivity index (χ1v) is 12.0. The number of hydrazone groups is 1. The fraction of sp³-hybridized carbons (Fsp3) is 0.364. The van der Waals surface area contributed by atoms with Gasteiger partial charge in [0.05, 0.1) is 23.0 Å². The standard InChI is InChI=1S/C22H21N5OS2/c23-12-16-14-6-2-1-3-9-19(14)30-21(16)26-20(28)13-29-22-25-17-8-5-4-7-15(17)18-10-11-24-27(18)22/h4-5,7-8,11,18H,1-3,6,9-10,13H2,(H,26,28)/t18-/m1/s1. The second kappa shape index (κ2) is 8.25. The predicted octanol–water partition coefficient (Wildman–Crippen LogP) is 4.99. The van der Waals surface area contributed by atoms with Crippen LogP contribution in [0.4, 0.5) is 10.7 Å². The first-order valence-electron chi connectivity index (χ1n) is 10.2. The molecule has 0 unspecified atom stereocenters. The summed E-state index contributed by atoms with van der Waals surface area (Å²) in [6.07, 6.45) is 8.15. The van der Waals surface area contributed by atoms with Gasteiger partial charge >= 0.3 is 0 Å². The van der Waals surface area contributed by atoms with E-state index in [-0.39, 0.29) is 17.7 Å². The summed E-state index contributed by atoms with van der Waals surface area (Å²) in [5.74, 6) is 0.113. The van der Waals surface area contributed by atoms with Crippen molar-refractivity contribution in [3.63, 3.8) is 0 Å². The number of nitrogens with zero attached hydrogens (tertiary/aromatic N) is 4. The van der Waals surface area contributed by atoms with Crippen LogP contribution in [0, 0.1) is 11.3 Å². The number of nitriles is 1. The van der Waals surface area contributed by atoms with Crippen LogP contribution in [0.2, 0.25) is 0 Å². The summed E-state index contributed by atoms with van der Waals surface area (Å²) in [6, 6.07) is 10.6. The number of carbonyl (C=O) groups excluding carboxylic acids is 1. The SMILES string of the molecule is N#Cc1c(NC(=O)CSC2=Nc3ccccc3[C@H]3CC=NN23)sc2c1CCCCC2. The van der Waals surface area contributed by atoms with Crippen LogP contribution in [0.1, 0.15) is 53.3 Å². The first kappa shape index (κ1) is 19.3. The van der Waals surface area contributed by atoms with Crippen LogP contribution in [-0.2, 0) is 17.6 Å². The van der Waals surface area contributed by atoms with Gasteiger partial charge in [0, 0.05) is 23.1 Å². The van der Waals surface area contributed by atoms with E-state index in [9.17, 15) is 10.1 Å². The van der Waals surface area contributed by atoms with Gasteiger partial charge in [0.1, 0.15) is 11.1 Å². The van der Waals surface area contributed by atoms with E-state index in [1.54, 1.807) is 11.3 Å². The molecule has 1 aromatic carbocycles. The van der Waals surface area contributed by atoms with Gasteiger partial charge in [-0.15, -0.1) is 11.3 Å². The van der Waals surface area contributed by atoms with E-state index >= 15 is 0 Å². The smallest absolute Gasteiger partial charge is 0.235 e. The van der Waals surface area contributed by atoms with Crippen LogP contribution in [0.3, 0.4) is 0 Å². The number of para-hydroxylation sites is 1. The minimum atomic E-state index is -0.116. The Hall–Kier alpha value is -2.63. The largest absolute Gasteiger partial charge is 0.316 e. The quantitative estimate of drug-likeness (QED) is 0.689. The summed E-state index contributed by atoms with van der Waals surface area (Å²) in [5.41, 5.74) is 3.91. The molecule has 0 radical (unpaired) electrons. The number of aliphatic imine (C=N–C) groups is 1. The molecule has 0 spiro atoms. The zero-order chi connectivity index (χ0) is 20.5. The number of nitrogens with one attached hydrogen (secondary N) is 1. The first-order chi connectivity index (χ1) is 14.7. The summed E-state index contributed by atoms with van der Waals surface area (Å²) in [6.45, 7) is 0. The zero-order valence-corrected chi connectivity index (χ0v) is 18.1. The lowest BCUT2D eigenvalue weighted by atomic mass is 10.0. The van der Waals surface area contributed by atoms with Crippen LogP contribution in [-0.4, -0.2) is 28.1 Å². The second-order valence-corrected chi connectivity index (χ2v) is 9.61. The average Bonchev–Trinajstić information content (AvgIpc) is 3.31. The molecule has 1 aliphatic carbocycles. The molecule has 1 atom stereocenters. The van der Waals surface area contributed by atoms with Gasteiger partial charge in [-0.25, -0.2) is 10.0 Å². The molecule has 0 bridgehead atoms. The number of thiophene rings is 1. The molecule has 5 rings (SSSR count). The maximum atomic E-state index is 12.7. The Balaban J connectivity index is 1.30. The molecule has 6 nitrogen and oxygen atoms in total. The number of anilines is 1. The number of amides is 1. The van der Waals surface area contributed by atoms with Crippen molar-refractivity contribution >= 4 is 51.1 Å². The molecular formula is C22H21N5OS2. The van der Waals surface area contributed by atoms with E-state index in [4.69, 9.17) is 4.99 Å². The molecule has 1 aromatic heterocycles. The fourth-order valence-corrected chi connectivity index (χ4v) is 6.28. The monoisotopic (exact) mass is 435 g/mol. The van der Waals surface area contributed by atoms with E-state index in [0.29, 0.717) is 10.6 Å². The lowest BCUT2D eigenvalue weighted by molar-refractivity contribution is -0.113. The number of amidine groups is 1. The van der Waals surface area contributed by atoms with Gasteiger partial charge < -0.3 is 5.32 Å². The summed E-state index contributed by atoms with van der Waals surface area (Å²) >= 11 is 2.96. The molecule has 0 saturated carbocycles. The maximum absolute atomic E-state index is 12.7. The molecule has 8 heteroatoms. The minimum Gasteiger partial charge on any atom is -0.316 e. The van der Waals surface area contributed by atoms with Crippen LogP contribution in [0.25, 0.3) is 0 Å². The number of hydrogen-bond donors (Lipinski definition) is 1. The molecule has 0 fully saturated rings. The minimum absolute atomic E-state index is 0.116. The molecule has 3 aliphatic rings. The summed E-state index contributed by atoms with van der Waals surface area (Å²) < 4.78 is 0. The Labute approximate surface area is 183 Å². The Morgan fingerprint density at radius 2 is 2.17 bits per heavy atom. The maximum Gasteiger partial charge on any atom is 0.235 e. The highest BCUT2D eigenvalue weighted by atomic mass is 32.2. The van der Waals surface area contributed by atoms with Gasteiger partial charge in [-0.2, -0.15) is 10.4 Å². The van der Waals surface area contributed by atoms with Crippen molar-refractivity contribution < 1.29 is 4.79 Å². The molecule has 2 aliphatic heterocycles. The van der Waals surface area contributed by atoms with Crippen molar-refractivity contribution in [2.75, 3.05) is 11.1 Å². The van der Waals surface area contributed by atoms with Crippen LogP contribution in [0.15, 0.2) is 34.4 Å². The Kier molecular flexibility index (Phi) is 5.32. The predicted molar refractivity (Wildman–Crippen MR) is 123 cm³/mol. The van der Waals surface area contributed by atoms with Crippen LogP contribution in [0.5, 0.6) is 0 Å². The third-order valence-electron chi connectivity index (χ3n) is 5.66. The number of carbonyl (C=O) groups is 1. The van der Waals surface area contributed by atoms with E-state index in [1.807, 2.05) is 29.4 Å². The molecule has 0 saturated heterocycles. The van der Waals surface area contributed by atoms with Crippen molar-refractivity contribution in [1.82, 2.24) is 5.01 Å². The number of aryl methyl sites for hydroxylation is 1. The molecular weight excluding hydrogens is 414 g/mol. The molecule has 3 heterocycles. The van der Waals surface area contributed by atoms with Crippen LogP contribution < -0.4 is 5.32 Å². The van der Waals surface area contributed by atoms with Crippen molar-refractivity contribution in [3.05, 3.63) is 45.8 Å². The summed E-state index contributed by atoms with van der Waals surface area (Å²) in [4.78, 5) is 18.7. The van der Waals surface area contributed by atoms with Gasteiger partial charge in [0.15, 0.2) is 5.17 Å². The Morgan fingerprint density at radius 1 is 1.30 bits per heavy atom. The molecule has 1 amide bonds. The van der Waals surface area contributed by atoms with Crippen LogP contribution >= 0.6 is 23.1 Å². The van der Waals surface area contributed by atoms with Gasteiger partial charge in [-0.1, -0.05) is 36.4 Å². The summed E-state index contributed by atoms with van der Waals surface area (Å²) in [7, 11) is 0. The topological polar surface area (TPSA) is 80.8 Å². The molecule has 2 aromatic rings. The Morgan fingerprint density at radius 3 is 3.07 bits per heavy atom. The van der Waals surface area contributed by atoms with Gasteiger partial charge in [-0.3, -0.25) is 4.79 Å². The number of fused-ring (bicyclic) bond motifs is 4. The fourth-order valence-electron chi connectivity index (χ4n) is 4.22. The second-order valence-electron chi connectivity index (χ2n) is 7.56. The molecule has 30 heavy (non-hydrogen) atoms. The highest BCUT2D eigenvalue weighted by Crippen LogP contribution is 2.41.